The molecule has 1 saturated heterocycles. The molecule has 1 rings (SSSR count). The van der Waals surface area contributed by atoms with Crippen molar-refractivity contribution >= 4 is 21.6 Å². The molecule has 0 aromatic carbocycles. The van der Waals surface area contributed by atoms with Crippen molar-refractivity contribution < 1.29 is 8.42 Å². The molecular formula is C8H16ClNO2S. The molecule has 0 spiro atoms. The van der Waals surface area contributed by atoms with Gasteiger partial charge in [-0.3, -0.25) is 0 Å². The fraction of sp³-hybridized carbons (Fsp3) is 1.00. The number of alkyl halides is 1. The average molecular weight is 226 g/mol. The molecule has 78 valence electrons. The van der Waals surface area contributed by atoms with Crippen LogP contribution < -0.4 is 0 Å². The number of rotatable bonds is 3. The van der Waals surface area contributed by atoms with Crippen LogP contribution in [0.15, 0.2) is 0 Å². The summed E-state index contributed by atoms with van der Waals surface area (Å²) in [5, 5.41) is 0. The van der Waals surface area contributed by atoms with E-state index >= 15 is 0 Å². The second kappa shape index (κ2) is 4.62. The maximum absolute atomic E-state index is 11.6. The molecular weight excluding hydrogens is 210 g/mol. The molecule has 0 amide bonds. The van der Waals surface area contributed by atoms with Crippen molar-refractivity contribution in [2.24, 2.45) is 5.92 Å². The van der Waals surface area contributed by atoms with Gasteiger partial charge in [0.1, 0.15) is 0 Å². The largest absolute Gasteiger partial charge is 0.215 e. The van der Waals surface area contributed by atoms with E-state index in [1.807, 2.05) is 0 Å². The molecule has 0 bridgehead atoms. The molecule has 3 nitrogen and oxygen atoms in total. The predicted molar refractivity (Wildman–Crippen MR) is 54.5 cm³/mol. The summed E-state index contributed by atoms with van der Waals surface area (Å²) in [5.41, 5.74) is 0. The summed E-state index contributed by atoms with van der Waals surface area (Å²) < 4.78 is 24.7. The Hall–Kier alpha value is 0.200. The van der Waals surface area contributed by atoms with Crippen LogP contribution in [0.2, 0.25) is 0 Å². The van der Waals surface area contributed by atoms with Gasteiger partial charge in [-0.2, -0.15) is 0 Å². The lowest BCUT2D eigenvalue weighted by Crippen LogP contribution is -2.40. The summed E-state index contributed by atoms with van der Waals surface area (Å²) in [6.45, 7) is 3.42. The van der Waals surface area contributed by atoms with Crippen molar-refractivity contribution in [3.8, 4) is 0 Å². The molecule has 1 atom stereocenters. The number of hydrogen-bond acceptors (Lipinski definition) is 2. The third-order valence-corrected chi connectivity index (χ3v) is 4.60. The highest BCUT2D eigenvalue weighted by molar-refractivity contribution is 7.89. The first-order valence-electron chi connectivity index (χ1n) is 4.60. The zero-order chi connectivity index (χ0) is 9.90. The van der Waals surface area contributed by atoms with E-state index in [4.69, 9.17) is 11.6 Å². The van der Waals surface area contributed by atoms with E-state index < -0.39 is 10.0 Å². The van der Waals surface area contributed by atoms with Crippen molar-refractivity contribution in [3.63, 3.8) is 0 Å². The molecule has 0 aromatic heterocycles. The normalized spacial score (nSPS) is 26.2. The predicted octanol–water partition coefficient (Wildman–Crippen LogP) is 1.29. The van der Waals surface area contributed by atoms with Gasteiger partial charge in [-0.15, -0.1) is 11.6 Å². The van der Waals surface area contributed by atoms with Crippen LogP contribution in [0.4, 0.5) is 0 Å². The molecule has 0 radical (unpaired) electrons. The number of piperidine rings is 1. The van der Waals surface area contributed by atoms with Gasteiger partial charge >= 0.3 is 0 Å². The SMILES string of the molecule is CC1CCCN(S(=O)(=O)CCCl)C1. The topological polar surface area (TPSA) is 37.4 Å². The molecule has 1 aliphatic heterocycles. The molecule has 1 heterocycles. The summed E-state index contributed by atoms with van der Waals surface area (Å²) in [5.74, 6) is 0.743. The van der Waals surface area contributed by atoms with Crippen LogP contribution in [0.5, 0.6) is 0 Å². The van der Waals surface area contributed by atoms with Gasteiger partial charge < -0.3 is 0 Å². The van der Waals surface area contributed by atoms with Gasteiger partial charge in [-0.1, -0.05) is 6.92 Å². The molecule has 0 aliphatic carbocycles. The minimum atomic E-state index is -3.06. The van der Waals surface area contributed by atoms with Crippen molar-refractivity contribution in [2.75, 3.05) is 24.7 Å². The van der Waals surface area contributed by atoms with Crippen LogP contribution in [-0.4, -0.2) is 37.4 Å². The van der Waals surface area contributed by atoms with Gasteiger partial charge in [-0.25, -0.2) is 12.7 Å². The van der Waals surface area contributed by atoms with E-state index in [1.54, 1.807) is 4.31 Å². The molecule has 1 unspecified atom stereocenters. The number of nitrogens with zero attached hydrogens (tertiary/aromatic N) is 1. The minimum Gasteiger partial charge on any atom is -0.212 e. The van der Waals surface area contributed by atoms with Crippen LogP contribution in [-0.2, 0) is 10.0 Å². The maximum atomic E-state index is 11.6. The lowest BCUT2D eigenvalue weighted by Gasteiger charge is -2.29. The summed E-state index contributed by atoms with van der Waals surface area (Å²) in [6, 6.07) is 0. The highest BCUT2D eigenvalue weighted by Gasteiger charge is 2.26. The first-order valence-corrected chi connectivity index (χ1v) is 6.74. The lowest BCUT2D eigenvalue weighted by atomic mass is 10.0. The smallest absolute Gasteiger partial charge is 0.212 e. The Labute approximate surface area is 85.1 Å². The van der Waals surface area contributed by atoms with Gasteiger partial charge in [0, 0.05) is 19.0 Å². The van der Waals surface area contributed by atoms with Crippen LogP contribution in [0, 0.1) is 5.92 Å². The van der Waals surface area contributed by atoms with Crippen LogP contribution >= 0.6 is 11.6 Å². The van der Waals surface area contributed by atoms with E-state index in [1.165, 1.54) is 0 Å². The fourth-order valence-corrected chi connectivity index (χ4v) is 3.55. The van der Waals surface area contributed by atoms with Crippen molar-refractivity contribution in [1.82, 2.24) is 4.31 Å². The first kappa shape index (κ1) is 11.3. The first-order chi connectivity index (χ1) is 6.06. The van der Waals surface area contributed by atoms with E-state index in [9.17, 15) is 8.42 Å². The Morgan fingerprint density at radius 1 is 1.54 bits per heavy atom. The Morgan fingerprint density at radius 3 is 2.77 bits per heavy atom. The number of halogens is 1. The van der Waals surface area contributed by atoms with E-state index in [2.05, 4.69) is 6.92 Å². The highest BCUT2D eigenvalue weighted by Crippen LogP contribution is 2.18. The second-order valence-electron chi connectivity index (χ2n) is 3.61. The maximum Gasteiger partial charge on any atom is 0.215 e. The third kappa shape index (κ3) is 3.11. The van der Waals surface area contributed by atoms with Crippen LogP contribution in [0.1, 0.15) is 19.8 Å². The van der Waals surface area contributed by atoms with Crippen molar-refractivity contribution in [2.45, 2.75) is 19.8 Å². The Bertz CT molecular complexity index is 253. The quantitative estimate of drug-likeness (QED) is 0.679. The summed E-state index contributed by atoms with van der Waals surface area (Å²) >= 11 is 5.44. The lowest BCUT2D eigenvalue weighted by molar-refractivity contribution is 0.281. The standard InChI is InChI=1S/C8H16ClNO2S/c1-8-3-2-5-10(7-8)13(11,12)6-4-9/h8H,2-7H2,1H3. The summed E-state index contributed by atoms with van der Waals surface area (Å²) in [7, 11) is -3.06. The van der Waals surface area contributed by atoms with Crippen molar-refractivity contribution in [3.05, 3.63) is 0 Å². The van der Waals surface area contributed by atoms with Gasteiger partial charge in [-0.05, 0) is 18.8 Å². The van der Waals surface area contributed by atoms with E-state index in [0.29, 0.717) is 19.0 Å². The monoisotopic (exact) mass is 225 g/mol. The van der Waals surface area contributed by atoms with E-state index in [0.717, 1.165) is 12.8 Å². The molecule has 0 N–H and O–H groups in total. The molecule has 5 heteroatoms. The molecule has 1 fully saturated rings. The third-order valence-electron chi connectivity index (χ3n) is 2.35. The number of sulfonamides is 1. The molecule has 0 aromatic rings. The van der Waals surface area contributed by atoms with Gasteiger partial charge in [0.15, 0.2) is 0 Å². The average Bonchev–Trinajstić information content (AvgIpc) is 2.04. The summed E-state index contributed by atoms with van der Waals surface area (Å²) in [4.78, 5) is 0. The number of hydrogen-bond donors (Lipinski definition) is 0. The molecule has 0 saturated carbocycles. The van der Waals surface area contributed by atoms with Crippen molar-refractivity contribution in [1.29, 1.82) is 0 Å². The van der Waals surface area contributed by atoms with Gasteiger partial charge in [0.25, 0.3) is 0 Å². The Balaban J connectivity index is 2.60. The van der Waals surface area contributed by atoms with Gasteiger partial charge in [0.2, 0.25) is 10.0 Å². The van der Waals surface area contributed by atoms with Crippen LogP contribution in [0.25, 0.3) is 0 Å². The molecule has 1 aliphatic rings. The Morgan fingerprint density at radius 2 is 2.23 bits per heavy atom. The minimum absolute atomic E-state index is 0.0707. The van der Waals surface area contributed by atoms with Crippen LogP contribution in [0.3, 0.4) is 0 Å². The highest BCUT2D eigenvalue weighted by atomic mass is 35.5. The summed E-state index contributed by atoms with van der Waals surface area (Å²) in [6.07, 6.45) is 2.11. The fourth-order valence-electron chi connectivity index (χ4n) is 1.63. The zero-order valence-corrected chi connectivity index (χ0v) is 9.44. The zero-order valence-electron chi connectivity index (χ0n) is 7.87. The van der Waals surface area contributed by atoms with Gasteiger partial charge in [0.05, 0.1) is 5.75 Å². The second-order valence-corrected chi connectivity index (χ2v) is 6.08. The molecule has 13 heavy (non-hydrogen) atoms. The van der Waals surface area contributed by atoms with E-state index in [-0.39, 0.29) is 11.6 Å². The Kier molecular flexibility index (Phi) is 4.01.